The Morgan fingerprint density at radius 1 is 1.13 bits per heavy atom. The summed E-state index contributed by atoms with van der Waals surface area (Å²) in [5.74, 6) is 0. The van der Waals surface area contributed by atoms with E-state index in [4.69, 9.17) is 0 Å². The summed E-state index contributed by atoms with van der Waals surface area (Å²) in [6.45, 7) is 9.51. The second kappa shape index (κ2) is 7.25. The number of hydrogen-bond donors (Lipinski definition) is 1. The summed E-state index contributed by atoms with van der Waals surface area (Å²) in [5.41, 5.74) is 2.39. The standard InChI is InChI=1S/C18H18BrNO2S/c1-4-14(3)18(15-7-9-16(19)10-8-15)20-23(21,22)17-11-5-13(2)6-12-17/h4-12,18,20H,1,3H2,2H3. The summed E-state index contributed by atoms with van der Waals surface area (Å²) >= 11 is 3.37. The number of sulfonamides is 1. The Morgan fingerprint density at radius 2 is 1.70 bits per heavy atom. The van der Waals surface area contributed by atoms with Crippen LogP contribution in [0.1, 0.15) is 17.2 Å². The van der Waals surface area contributed by atoms with Gasteiger partial charge in [-0.25, -0.2) is 8.42 Å². The van der Waals surface area contributed by atoms with Crippen molar-refractivity contribution in [2.24, 2.45) is 0 Å². The molecule has 2 aromatic rings. The highest BCUT2D eigenvalue weighted by Gasteiger charge is 2.22. The van der Waals surface area contributed by atoms with Crippen LogP contribution < -0.4 is 4.72 Å². The van der Waals surface area contributed by atoms with Gasteiger partial charge in [-0.05, 0) is 42.3 Å². The quantitative estimate of drug-likeness (QED) is 0.735. The Balaban J connectivity index is 2.37. The molecule has 0 saturated carbocycles. The second-order valence-corrected chi connectivity index (χ2v) is 7.83. The average Bonchev–Trinajstić information content (AvgIpc) is 2.53. The molecule has 3 nitrogen and oxygen atoms in total. The first-order valence-corrected chi connectivity index (χ1v) is 9.27. The molecule has 0 radical (unpaired) electrons. The molecule has 0 aliphatic heterocycles. The van der Waals surface area contributed by atoms with Gasteiger partial charge in [-0.2, -0.15) is 4.72 Å². The smallest absolute Gasteiger partial charge is 0.207 e. The van der Waals surface area contributed by atoms with Crippen LogP contribution in [0.25, 0.3) is 0 Å². The van der Waals surface area contributed by atoms with Gasteiger partial charge in [-0.15, -0.1) is 0 Å². The first kappa shape index (κ1) is 17.7. The maximum Gasteiger partial charge on any atom is 0.241 e. The summed E-state index contributed by atoms with van der Waals surface area (Å²) in [7, 11) is -3.66. The van der Waals surface area contributed by atoms with Crippen LogP contribution in [0.3, 0.4) is 0 Å². The average molecular weight is 392 g/mol. The van der Waals surface area contributed by atoms with Crippen LogP contribution in [0.2, 0.25) is 0 Å². The van der Waals surface area contributed by atoms with Gasteiger partial charge in [0, 0.05) is 4.47 Å². The fourth-order valence-corrected chi connectivity index (χ4v) is 3.56. The van der Waals surface area contributed by atoms with Crippen LogP contribution in [0.4, 0.5) is 0 Å². The molecule has 120 valence electrons. The molecule has 0 bridgehead atoms. The lowest BCUT2D eigenvalue weighted by atomic mass is 10.0. The molecule has 0 saturated heterocycles. The maximum absolute atomic E-state index is 12.6. The molecule has 2 aromatic carbocycles. The van der Waals surface area contributed by atoms with E-state index in [1.807, 2.05) is 31.2 Å². The van der Waals surface area contributed by atoms with Gasteiger partial charge in [0.2, 0.25) is 10.0 Å². The molecule has 0 amide bonds. The van der Waals surface area contributed by atoms with E-state index in [-0.39, 0.29) is 4.90 Å². The number of benzene rings is 2. The van der Waals surface area contributed by atoms with E-state index in [1.54, 1.807) is 30.3 Å². The molecule has 1 unspecified atom stereocenters. The SMILES string of the molecule is C=CC(=C)C(NS(=O)(=O)c1ccc(C)cc1)c1ccc(Br)cc1. The van der Waals surface area contributed by atoms with Crippen LogP contribution in [-0.4, -0.2) is 8.42 Å². The number of nitrogens with one attached hydrogen (secondary N) is 1. The van der Waals surface area contributed by atoms with E-state index >= 15 is 0 Å². The lowest BCUT2D eigenvalue weighted by Crippen LogP contribution is -2.29. The van der Waals surface area contributed by atoms with Crippen molar-refractivity contribution in [2.45, 2.75) is 17.9 Å². The van der Waals surface area contributed by atoms with Crippen LogP contribution >= 0.6 is 15.9 Å². The fourth-order valence-electron chi connectivity index (χ4n) is 2.07. The minimum Gasteiger partial charge on any atom is -0.207 e. The summed E-state index contributed by atoms with van der Waals surface area (Å²) in [4.78, 5) is 0.224. The van der Waals surface area contributed by atoms with Gasteiger partial charge in [0.05, 0.1) is 10.9 Å². The third kappa shape index (κ3) is 4.41. The highest BCUT2D eigenvalue weighted by atomic mass is 79.9. The van der Waals surface area contributed by atoms with Crippen molar-refractivity contribution in [2.75, 3.05) is 0 Å². The van der Waals surface area contributed by atoms with E-state index in [2.05, 4.69) is 33.8 Å². The molecule has 1 atom stereocenters. The molecule has 0 heterocycles. The first-order chi connectivity index (χ1) is 10.8. The summed E-state index contributed by atoms with van der Waals surface area (Å²) < 4.78 is 28.9. The molecular formula is C18H18BrNO2S. The molecule has 0 spiro atoms. The van der Waals surface area contributed by atoms with Gasteiger partial charge >= 0.3 is 0 Å². The highest BCUT2D eigenvalue weighted by Crippen LogP contribution is 2.25. The lowest BCUT2D eigenvalue weighted by molar-refractivity contribution is 0.572. The topological polar surface area (TPSA) is 46.2 Å². The van der Waals surface area contributed by atoms with Gasteiger partial charge in [0.1, 0.15) is 0 Å². The maximum atomic E-state index is 12.6. The van der Waals surface area contributed by atoms with Crippen molar-refractivity contribution in [3.63, 3.8) is 0 Å². The van der Waals surface area contributed by atoms with Gasteiger partial charge in [0.15, 0.2) is 0 Å². The predicted octanol–water partition coefficient (Wildman–Crippen LogP) is 4.52. The predicted molar refractivity (Wildman–Crippen MR) is 97.7 cm³/mol. The summed E-state index contributed by atoms with van der Waals surface area (Å²) in [5, 5.41) is 0. The van der Waals surface area contributed by atoms with Crippen molar-refractivity contribution in [1.29, 1.82) is 0 Å². The van der Waals surface area contributed by atoms with Crippen molar-refractivity contribution in [1.82, 2.24) is 4.72 Å². The largest absolute Gasteiger partial charge is 0.241 e. The van der Waals surface area contributed by atoms with Crippen molar-refractivity contribution < 1.29 is 8.42 Å². The molecule has 2 rings (SSSR count). The van der Waals surface area contributed by atoms with E-state index in [1.165, 1.54) is 0 Å². The van der Waals surface area contributed by atoms with Crippen LogP contribution in [0.5, 0.6) is 0 Å². The molecule has 23 heavy (non-hydrogen) atoms. The fraction of sp³-hybridized carbons (Fsp3) is 0.111. The second-order valence-electron chi connectivity index (χ2n) is 5.20. The summed E-state index contributed by atoms with van der Waals surface area (Å²) in [6.07, 6.45) is 1.56. The monoisotopic (exact) mass is 391 g/mol. The Kier molecular flexibility index (Phi) is 5.57. The normalized spacial score (nSPS) is 12.6. The Hall–Kier alpha value is -1.69. The third-order valence-corrected chi connectivity index (χ3v) is 5.41. The van der Waals surface area contributed by atoms with E-state index < -0.39 is 16.1 Å². The Bertz CT molecular complexity index is 809. The first-order valence-electron chi connectivity index (χ1n) is 6.99. The molecule has 0 aromatic heterocycles. The zero-order valence-electron chi connectivity index (χ0n) is 12.8. The number of aryl methyl sites for hydroxylation is 1. The van der Waals surface area contributed by atoms with Crippen molar-refractivity contribution >= 4 is 26.0 Å². The van der Waals surface area contributed by atoms with Crippen LogP contribution in [0, 0.1) is 6.92 Å². The van der Waals surface area contributed by atoms with Crippen molar-refractivity contribution in [3.05, 3.63) is 88.9 Å². The number of rotatable bonds is 6. The minimum absolute atomic E-state index is 0.224. The van der Waals surface area contributed by atoms with Crippen LogP contribution in [-0.2, 0) is 10.0 Å². The van der Waals surface area contributed by atoms with Gasteiger partial charge in [-0.3, -0.25) is 0 Å². The van der Waals surface area contributed by atoms with E-state index in [0.717, 1.165) is 15.6 Å². The molecule has 0 aliphatic rings. The van der Waals surface area contributed by atoms with E-state index in [9.17, 15) is 8.42 Å². The van der Waals surface area contributed by atoms with Gasteiger partial charge in [-0.1, -0.05) is 65.0 Å². The number of hydrogen-bond acceptors (Lipinski definition) is 2. The van der Waals surface area contributed by atoms with Gasteiger partial charge in [0.25, 0.3) is 0 Å². The number of halogens is 1. The minimum atomic E-state index is -3.66. The third-order valence-electron chi connectivity index (χ3n) is 3.44. The summed E-state index contributed by atoms with van der Waals surface area (Å²) in [6, 6.07) is 13.6. The molecule has 1 N–H and O–H groups in total. The molecule has 5 heteroatoms. The van der Waals surface area contributed by atoms with E-state index in [0.29, 0.717) is 5.57 Å². The lowest BCUT2D eigenvalue weighted by Gasteiger charge is -2.20. The molecule has 0 fully saturated rings. The Labute approximate surface area is 145 Å². The van der Waals surface area contributed by atoms with Crippen molar-refractivity contribution in [3.8, 4) is 0 Å². The Morgan fingerprint density at radius 3 is 2.22 bits per heavy atom. The zero-order valence-corrected chi connectivity index (χ0v) is 15.2. The zero-order chi connectivity index (χ0) is 17.0. The highest BCUT2D eigenvalue weighted by molar-refractivity contribution is 9.10. The molecule has 0 aliphatic carbocycles. The van der Waals surface area contributed by atoms with Crippen LogP contribution in [0.15, 0.2) is 82.7 Å². The van der Waals surface area contributed by atoms with Gasteiger partial charge < -0.3 is 0 Å². The molecular weight excluding hydrogens is 374 g/mol.